The number of benzene rings is 2. The van der Waals surface area contributed by atoms with Crippen molar-refractivity contribution >= 4 is 28.1 Å². The summed E-state index contributed by atoms with van der Waals surface area (Å²) in [6, 6.07) is 15.7. The highest BCUT2D eigenvalue weighted by molar-refractivity contribution is 5.93. The second-order valence-electron chi connectivity index (χ2n) is 5.73. The lowest BCUT2D eigenvalue weighted by Crippen LogP contribution is -2.00. The Balaban J connectivity index is 1.85. The molecule has 0 saturated heterocycles. The molecule has 1 N–H and O–H groups in total. The fourth-order valence-electron chi connectivity index (χ4n) is 2.92. The highest BCUT2D eigenvalue weighted by atomic mass is 16.5. The molecule has 0 radical (unpaired) electrons. The predicted molar refractivity (Wildman–Crippen MR) is 98.1 cm³/mol. The Morgan fingerprint density at radius 2 is 1.76 bits per heavy atom. The SMILES string of the molecule is COc1ccc(Nc2nc3cc(C)nn3c3ccccc23)cc1OC. The zero-order valence-corrected chi connectivity index (χ0v) is 14.3. The third-order valence-electron chi connectivity index (χ3n) is 4.07. The van der Waals surface area contributed by atoms with Gasteiger partial charge in [0.15, 0.2) is 17.1 Å². The van der Waals surface area contributed by atoms with Gasteiger partial charge in [0, 0.05) is 23.2 Å². The van der Waals surface area contributed by atoms with Gasteiger partial charge < -0.3 is 14.8 Å². The third kappa shape index (κ3) is 2.61. The average Bonchev–Trinajstić information content (AvgIpc) is 3.02. The van der Waals surface area contributed by atoms with Crippen LogP contribution >= 0.6 is 0 Å². The Bertz CT molecular complexity index is 1070. The van der Waals surface area contributed by atoms with Crippen molar-refractivity contribution in [2.24, 2.45) is 0 Å². The number of aryl methyl sites for hydroxylation is 1. The van der Waals surface area contributed by atoms with Crippen molar-refractivity contribution in [1.29, 1.82) is 0 Å². The fraction of sp³-hybridized carbons (Fsp3) is 0.158. The molecule has 4 rings (SSSR count). The van der Waals surface area contributed by atoms with Gasteiger partial charge in [-0.2, -0.15) is 5.10 Å². The van der Waals surface area contributed by atoms with Crippen molar-refractivity contribution in [3.05, 3.63) is 54.2 Å². The maximum atomic E-state index is 5.38. The van der Waals surface area contributed by atoms with Gasteiger partial charge in [-0.25, -0.2) is 9.50 Å². The van der Waals surface area contributed by atoms with Crippen molar-refractivity contribution in [3.63, 3.8) is 0 Å². The first-order chi connectivity index (χ1) is 12.2. The molecule has 126 valence electrons. The minimum atomic E-state index is 0.665. The molecule has 0 spiro atoms. The molecule has 2 heterocycles. The maximum Gasteiger partial charge on any atom is 0.162 e. The molecule has 25 heavy (non-hydrogen) atoms. The topological polar surface area (TPSA) is 60.7 Å². The zero-order chi connectivity index (χ0) is 17.4. The largest absolute Gasteiger partial charge is 0.493 e. The molecule has 0 aliphatic carbocycles. The van der Waals surface area contributed by atoms with E-state index < -0.39 is 0 Å². The summed E-state index contributed by atoms with van der Waals surface area (Å²) in [7, 11) is 3.24. The lowest BCUT2D eigenvalue weighted by Gasteiger charge is -2.13. The summed E-state index contributed by atoms with van der Waals surface area (Å²) in [6.07, 6.45) is 0. The number of rotatable bonds is 4. The Morgan fingerprint density at radius 3 is 2.56 bits per heavy atom. The number of anilines is 2. The predicted octanol–water partition coefficient (Wildman–Crippen LogP) is 3.95. The van der Waals surface area contributed by atoms with Gasteiger partial charge in [0.2, 0.25) is 0 Å². The number of methoxy groups -OCH3 is 2. The summed E-state index contributed by atoms with van der Waals surface area (Å²) in [6.45, 7) is 1.96. The Labute approximate surface area is 145 Å². The van der Waals surface area contributed by atoms with Crippen LogP contribution in [0, 0.1) is 6.92 Å². The van der Waals surface area contributed by atoms with Crippen molar-refractivity contribution < 1.29 is 9.47 Å². The number of nitrogens with zero attached hydrogens (tertiary/aromatic N) is 3. The van der Waals surface area contributed by atoms with Crippen LogP contribution in [0.25, 0.3) is 16.6 Å². The molecule has 0 amide bonds. The van der Waals surface area contributed by atoms with Crippen LogP contribution in [0.1, 0.15) is 5.69 Å². The first-order valence-electron chi connectivity index (χ1n) is 7.94. The summed E-state index contributed by atoms with van der Waals surface area (Å²) in [5, 5.41) is 8.91. The first kappa shape index (κ1) is 15.3. The molecule has 0 fully saturated rings. The van der Waals surface area contributed by atoms with Crippen LogP contribution in [0.15, 0.2) is 48.5 Å². The molecule has 2 aromatic carbocycles. The molecule has 2 aromatic heterocycles. The lowest BCUT2D eigenvalue weighted by atomic mass is 10.2. The highest BCUT2D eigenvalue weighted by Crippen LogP contribution is 2.32. The Kier molecular flexibility index (Phi) is 3.65. The molecular weight excluding hydrogens is 316 g/mol. The van der Waals surface area contributed by atoms with Crippen molar-refractivity contribution in [2.75, 3.05) is 19.5 Å². The maximum absolute atomic E-state index is 5.38. The second-order valence-corrected chi connectivity index (χ2v) is 5.73. The second kappa shape index (κ2) is 5.98. The minimum Gasteiger partial charge on any atom is -0.493 e. The lowest BCUT2D eigenvalue weighted by molar-refractivity contribution is 0.355. The number of fused-ring (bicyclic) bond motifs is 3. The van der Waals surface area contributed by atoms with Crippen LogP contribution < -0.4 is 14.8 Å². The summed E-state index contributed by atoms with van der Waals surface area (Å²) < 4.78 is 12.5. The molecule has 0 unspecified atom stereocenters. The molecule has 0 atom stereocenters. The van der Waals surface area contributed by atoms with Gasteiger partial charge in [0.25, 0.3) is 0 Å². The van der Waals surface area contributed by atoms with Gasteiger partial charge >= 0.3 is 0 Å². The summed E-state index contributed by atoms with van der Waals surface area (Å²) >= 11 is 0. The van der Waals surface area contributed by atoms with Crippen molar-refractivity contribution in [1.82, 2.24) is 14.6 Å². The molecule has 6 nitrogen and oxygen atoms in total. The van der Waals surface area contributed by atoms with Gasteiger partial charge in [-0.05, 0) is 31.2 Å². The number of aromatic nitrogens is 3. The normalized spacial score (nSPS) is 11.0. The van der Waals surface area contributed by atoms with E-state index in [1.807, 2.05) is 60.0 Å². The van der Waals surface area contributed by atoms with Crippen molar-refractivity contribution in [3.8, 4) is 11.5 Å². The summed E-state index contributed by atoms with van der Waals surface area (Å²) in [4.78, 5) is 4.73. The molecule has 6 heteroatoms. The van der Waals surface area contributed by atoms with Gasteiger partial charge in [-0.1, -0.05) is 12.1 Å². The molecule has 0 aliphatic rings. The number of para-hydroxylation sites is 1. The molecule has 4 aromatic rings. The third-order valence-corrected chi connectivity index (χ3v) is 4.07. The number of nitrogens with one attached hydrogen (secondary N) is 1. The van der Waals surface area contributed by atoms with E-state index >= 15 is 0 Å². The Hall–Kier alpha value is -3.28. The smallest absolute Gasteiger partial charge is 0.162 e. The van der Waals surface area contributed by atoms with E-state index in [1.54, 1.807) is 14.2 Å². The van der Waals surface area contributed by atoms with E-state index in [4.69, 9.17) is 14.5 Å². The van der Waals surface area contributed by atoms with Crippen LogP contribution in [0.5, 0.6) is 11.5 Å². The molecule has 0 saturated carbocycles. The highest BCUT2D eigenvalue weighted by Gasteiger charge is 2.11. The van der Waals surface area contributed by atoms with Gasteiger partial charge in [0.1, 0.15) is 5.82 Å². The summed E-state index contributed by atoms with van der Waals surface area (Å²) in [5.74, 6) is 2.13. The van der Waals surface area contributed by atoms with Gasteiger partial charge in [-0.15, -0.1) is 0 Å². The Morgan fingerprint density at radius 1 is 0.960 bits per heavy atom. The van der Waals surface area contributed by atoms with Crippen LogP contribution in [-0.4, -0.2) is 28.8 Å². The number of ether oxygens (including phenoxy) is 2. The van der Waals surface area contributed by atoms with E-state index in [9.17, 15) is 0 Å². The van der Waals surface area contributed by atoms with Crippen molar-refractivity contribution in [2.45, 2.75) is 6.92 Å². The van der Waals surface area contributed by atoms with E-state index in [0.29, 0.717) is 11.5 Å². The fourth-order valence-corrected chi connectivity index (χ4v) is 2.92. The summed E-state index contributed by atoms with van der Waals surface area (Å²) in [5.41, 5.74) is 3.61. The van der Waals surface area contributed by atoms with E-state index in [0.717, 1.165) is 33.7 Å². The number of hydrogen-bond donors (Lipinski definition) is 1. The van der Waals surface area contributed by atoms with E-state index in [1.165, 1.54) is 0 Å². The van der Waals surface area contributed by atoms with Crippen LogP contribution in [0.2, 0.25) is 0 Å². The van der Waals surface area contributed by atoms with Crippen LogP contribution in [0.3, 0.4) is 0 Å². The quantitative estimate of drug-likeness (QED) is 0.612. The average molecular weight is 334 g/mol. The van der Waals surface area contributed by atoms with E-state index in [2.05, 4.69) is 10.4 Å². The number of hydrogen-bond acceptors (Lipinski definition) is 5. The molecule has 0 bridgehead atoms. The standard InChI is InChI=1S/C19H18N4O2/c1-12-10-18-21-19(14-6-4-5-7-15(14)23(18)22-12)20-13-8-9-16(24-2)17(11-13)25-3/h4-11H,1-3H3,(H,20,21). The van der Waals surface area contributed by atoms with Gasteiger partial charge in [0.05, 0.1) is 25.4 Å². The van der Waals surface area contributed by atoms with Crippen LogP contribution in [-0.2, 0) is 0 Å². The van der Waals surface area contributed by atoms with E-state index in [-0.39, 0.29) is 0 Å². The molecular formula is C19H18N4O2. The first-order valence-corrected chi connectivity index (χ1v) is 7.94. The minimum absolute atomic E-state index is 0.665. The van der Waals surface area contributed by atoms with Crippen LogP contribution in [0.4, 0.5) is 11.5 Å². The monoisotopic (exact) mass is 334 g/mol. The van der Waals surface area contributed by atoms with Gasteiger partial charge in [-0.3, -0.25) is 0 Å². The molecule has 0 aliphatic heterocycles. The zero-order valence-electron chi connectivity index (χ0n) is 14.3.